The zero-order valence-corrected chi connectivity index (χ0v) is 49.8. The number of unbranched alkanes of at least 4 members (excludes halogenated alkanes) is 2. The number of benzene rings is 2. The molecule has 0 aromatic heterocycles. The molecule has 0 spiro atoms. The van der Waals surface area contributed by atoms with Gasteiger partial charge in [0, 0.05) is 19.3 Å². The van der Waals surface area contributed by atoms with E-state index in [2.05, 4.69) is 47.9 Å². The molecule has 2 aromatic rings. The van der Waals surface area contributed by atoms with Crippen LogP contribution in [0.4, 0.5) is 0 Å². The molecule has 0 saturated carbocycles. The van der Waals surface area contributed by atoms with Gasteiger partial charge in [-0.3, -0.25) is 47.9 Å². The number of carboxylic acids is 2. The lowest BCUT2D eigenvalue weighted by atomic mass is 9.96. The number of aliphatic hydroxyl groups excluding tert-OH is 1. The second-order valence-corrected chi connectivity index (χ2v) is 21.7. The number of hydrogen-bond donors (Lipinski definition) is 16. The number of carbonyl (C=O) groups is 11. The fourth-order valence-electron chi connectivity index (χ4n) is 8.70. The van der Waals surface area contributed by atoms with E-state index in [0.717, 1.165) is 0 Å². The van der Waals surface area contributed by atoms with Gasteiger partial charge >= 0.3 is 11.9 Å². The molecule has 0 unspecified atom stereocenters. The van der Waals surface area contributed by atoms with E-state index < -0.39 is 163 Å². The third kappa shape index (κ3) is 26.0. The number of hydrogen-bond acceptors (Lipinski definition) is 16. The number of amides is 9. The summed E-state index contributed by atoms with van der Waals surface area (Å²) in [6.07, 6.45) is 1.26. The minimum Gasteiger partial charge on any atom is -0.508 e. The molecule has 0 aliphatic carbocycles. The third-order valence-electron chi connectivity index (χ3n) is 14.5. The van der Waals surface area contributed by atoms with Crippen molar-refractivity contribution in [2.75, 3.05) is 19.7 Å². The Labute approximate surface area is 496 Å². The van der Waals surface area contributed by atoms with Crippen LogP contribution >= 0.6 is 0 Å². The number of rotatable bonds is 40. The summed E-state index contributed by atoms with van der Waals surface area (Å²) in [7, 11) is 0. The Hall–Kier alpha value is -7.75. The highest BCUT2D eigenvalue weighted by Gasteiger charge is 2.37. The number of aliphatic hydroxyl groups is 1. The van der Waals surface area contributed by atoms with E-state index in [4.69, 9.17) is 17.2 Å². The van der Waals surface area contributed by atoms with Crippen LogP contribution in [-0.4, -0.2) is 166 Å². The molecule has 27 nitrogen and oxygen atoms in total. The smallest absolute Gasteiger partial charge is 0.326 e. The van der Waals surface area contributed by atoms with Gasteiger partial charge in [0.1, 0.15) is 60.1 Å². The Bertz CT molecular complexity index is 2510. The molecule has 0 radical (unpaired) electrons. The summed E-state index contributed by atoms with van der Waals surface area (Å²) in [5, 5.41) is 62.7. The lowest BCUT2D eigenvalue weighted by Gasteiger charge is -2.30. The van der Waals surface area contributed by atoms with E-state index in [0.29, 0.717) is 56.2 Å². The second-order valence-electron chi connectivity index (χ2n) is 21.7. The van der Waals surface area contributed by atoms with Gasteiger partial charge in [0.2, 0.25) is 53.2 Å². The lowest BCUT2D eigenvalue weighted by molar-refractivity contribution is -0.144. The van der Waals surface area contributed by atoms with Crippen molar-refractivity contribution >= 4 is 65.1 Å². The first kappa shape index (κ1) is 73.4. The van der Waals surface area contributed by atoms with Gasteiger partial charge in [0.15, 0.2) is 0 Å². The van der Waals surface area contributed by atoms with Crippen molar-refractivity contribution in [3.05, 3.63) is 65.7 Å². The van der Waals surface area contributed by atoms with Gasteiger partial charge in [0.25, 0.3) is 0 Å². The van der Waals surface area contributed by atoms with Gasteiger partial charge < -0.3 is 85.5 Å². The van der Waals surface area contributed by atoms with Gasteiger partial charge in [-0.15, -0.1) is 0 Å². The zero-order valence-electron chi connectivity index (χ0n) is 49.8. The number of phenolic OH excluding ortho intramolecular Hbond substituents is 1. The largest absolute Gasteiger partial charge is 0.508 e. The van der Waals surface area contributed by atoms with Crippen LogP contribution in [0.15, 0.2) is 54.6 Å². The average Bonchev–Trinajstić information content (AvgIpc) is 3.68. The zero-order chi connectivity index (χ0) is 63.9. The van der Waals surface area contributed by atoms with Crippen molar-refractivity contribution in [2.24, 2.45) is 35.0 Å². The van der Waals surface area contributed by atoms with E-state index in [1.165, 1.54) is 31.2 Å². The summed E-state index contributed by atoms with van der Waals surface area (Å²) < 4.78 is 0. The molecule has 2 rings (SSSR count). The molecule has 0 fully saturated rings. The molecule has 12 atom stereocenters. The first-order chi connectivity index (χ1) is 40.2. The normalized spacial score (nSPS) is 15.4. The SMILES string of the molecule is CC[C@H](C)[C@H](NC(=O)[C@@H](NC(=O)[C@H](Cc1ccc(O)cc1)NC(=O)[C@H](Cc1ccccc1)NC(=O)[C@@H](NC(=O)[C@H](CCCCN)NC(=O)[C@H](CCC(=O)O)NC(=O)[C@H](CO)NC(=O)[C@H](C)NC(=O)[C@@H](N)CCCCN)[C@@H](C)CC)C(C)C)C(=O)O. The molecule has 2 aromatic carbocycles. The van der Waals surface area contributed by atoms with E-state index in [1.807, 2.05) is 0 Å². The minimum atomic E-state index is -1.70. The number of carboxylic acid groups (broad SMARTS) is 2. The maximum absolute atomic E-state index is 14.7. The van der Waals surface area contributed by atoms with E-state index in [-0.39, 0.29) is 38.0 Å². The molecule has 0 heterocycles. The summed E-state index contributed by atoms with van der Waals surface area (Å²) in [4.78, 5) is 149. The van der Waals surface area contributed by atoms with E-state index in [1.54, 1.807) is 71.9 Å². The van der Waals surface area contributed by atoms with Gasteiger partial charge in [-0.1, -0.05) is 103 Å². The highest BCUT2D eigenvalue weighted by molar-refractivity contribution is 5.99. The Kier molecular flexibility index (Phi) is 33.0. The predicted molar refractivity (Wildman–Crippen MR) is 314 cm³/mol. The van der Waals surface area contributed by atoms with Gasteiger partial charge in [-0.25, -0.2) is 4.79 Å². The molecule has 0 aliphatic rings. The quantitative estimate of drug-likeness (QED) is 0.0350. The van der Waals surface area contributed by atoms with Gasteiger partial charge in [0.05, 0.1) is 12.6 Å². The summed E-state index contributed by atoms with van der Waals surface area (Å²) >= 11 is 0. The third-order valence-corrected chi connectivity index (χ3v) is 14.5. The van der Waals surface area contributed by atoms with Crippen molar-refractivity contribution in [3.8, 4) is 5.75 Å². The summed E-state index contributed by atoms with van der Waals surface area (Å²) in [6, 6.07) is 0.527. The Morgan fingerprint density at radius 2 is 0.882 bits per heavy atom. The van der Waals surface area contributed by atoms with Crippen molar-refractivity contribution in [2.45, 2.75) is 186 Å². The molecule has 474 valence electrons. The molecule has 0 aliphatic heterocycles. The topological polar surface area (TPSA) is 455 Å². The summed E-state index contributed by atoms with van der Waals surface area (Å²) in [5.74, 6) is -12.3. The number of nitrogens with one attached hydrogen (secondary N) is 9. The highest BCUT2D eigenvalue weighted by atomic mass is 16.4. The van der Waals surface area contributed by atoms with E-state index in [9.17, 15) is 73.2 Å². The maximum atomic E-state index is 14.7. The number of nitrogens with two attached hydrogens (primary N) is 3. The summed E-state index contributed by atoms with van der Waals surface area (Å²) in [6.45, 7) is 11.0. The average molecular weight is 1200 g/mol. The van der Waals surface area contributed by atoms with Gasteiger partial charge in [-0.05, 0) is 99.6 Å². The number of phenols is 1. The van der Waals surface area contributed by atoms with Crippen LogP contribution in [0.5, 0.6) is 5.75 Å². The van der Waals surface area contributed by atoms with Crippen LogP contribution < -0.4 is 65.1 Å². The van der Waals surface area contributed by atoms with Crippen molar-refractivity contribution in [3.63, 3.8) is 0 Å². The standard InChI is InChI=1S/C58H92N12O15/c1-8-33(5)47(69-52(78)40(20-14-16-28-60)63-51(77)41(25-26-45(73)74)64-55(81)44(31-71)67-49(75)35(7)62-50(76)39(61)19-13-15-27-59)57(83)66-42(29-36-17-11-10-12-18-36)53(79)65-43(30-37-21-23-38(72)24-22-37)54(80)68-46(32(3)4)56(82)70-48(58(84)85)34(6)9-2/h10-12,17-18,21-24,32-35,39-44,46-48,71-72H,8-9,13-16,19-20,25-31,59-61H2,1-7H3,(H,62,76)(H,63,77)(H,64,81)(H,65,79)(H,66,83)(H,67,75)(H,68,80)(H,69,78)(H,70,82)(H,73,74)(H,84,85)/t33-,34-,35-,39-,40-,41-,42-,43-,44-,46-,47-,48-/m0/s1. The fraction of sp³-hybridized carbons (Fsp3) is 0.603. The molecule has 27 heteroatoms. The van der Waals surface area contributed by atoms with Crippen LogP contribution in [-0.2, 0) is 65.6 Å². The van der Waals surface area contributed by atoms with Crippen molar-refractivity contribution in [1.29, 1.82) is 0 Å². The molecule has 19 N–H and O–H groups in total. The van der Waals surface area contributed by atoms with E-state index >= 15 is 0 Å². The first-order valence-electron chi connectivity index (χ1n) is 29.0. The molecule has 9 amide bonds. The second kappa shape index (κ2) is 38.2. The minimum absolute atomic E-state index is 0.0698. The number of aliphatic carboxylic acids is 2. The maximum Gasteiger partial charge on any atom is 0.326 e. The molecule has 0 saturated heterocycles. The lowest BCUT2D eigenvalue weighted by Crippen LogP contribution is -2.62. The Morgan fingerprint density at radius 3 is 1.40 bits per heavy atom. The van der Waals surface area contributed by atoms with Gasteiger partial charge in [-0.2, -0.15) is 0 Å². The van der Waals surface area contributed by atoms with Crippen LogP contribution in [0.1, 0.15) is 124 Å². The Balaban J connectivity index is 2.52. The van der Waals surface area contributed by atoms with Crippen LogP contribution in [0, 0.1) is 17.8 Å². The van der Waals surface area contributed by atoms with Crippen molar-refractivity contribution < 1.29 is 73.2 Å². The summed E-state index contributed by atoms with van der Waals surface area (Å²) in [5.41, 5.74) is 18.3. The fourth-order valence-corrected chi connectivity index (χ4v) is 8.70. The monoisotopic (exact) mass is 1200 g/mol. The highest BCUT2D eigenvalue weighted by Crippen LogP contribution is 2.16. The van der Waals surface area contributed by atoms with Crippen LogP contribution in [0.3, 0.4) is 0 Å². The van der Waals surface area contributed by atoms with Crippen LogP contribution in [0.25, 0.3) is 0 Å². The first-order valence-corrected chi connectivity index (χ1v) is 29.0. The molecular formula is C58H92N12O15. The molecule has 85 heavy (non-hydrogen) atoms. The molecule has 0 bridgehead atoms. The number of carbonyl (C=O) groups excluding carboxylic acids is 9. The van der Waals surface area contributed by atoms with Crippen molar-refractivity contribution in [1.82, 2.24) is 47.9 Å². The molecular weight excluding hydrogens is 1100 g/mol. The van der Waals surface area contributed by atoms with Crippen LogP contribution in [0.2, 0.25) is 0 Å². The Morgan fingerprint density at radius 1 is 0.459 bits per heavy atom. The predicted octanol–water partition coefficient (Wildman–Crippen LogP) is -1.16. The number of aromatic hydroxyl groups is 1.